The van der Waals surface area contributed by atoms with Crippen LogP contribution in [0.4, 0.5) is 0 Å². The molecule has 0 radical (unpaired) electrons. The Kier molecular flexibility index (Phi) is 2.92. The number of aromatic hydroxyl groups is 1. The summed E-state index contributed by atoms with van der Waals surface area (Å²) in [6, 6.07) is 9.61. The summed E-state index contributed by atoms with van der Waals surface area (Å²) in [6.07, 6.45) is 4.38. The van der Waals surface area contributed by atoms with Crippen molar-refractivity contribution in [1.29, 1.82) is 0 Å². The molecule has 1 aliphatic rings. The van der Waals surface area contributed by atoms with Crippen LogP contribution in [0, 0.1) is 0 Å². The number of benzene rings is 1. The Morgan fingerprint density at radius 3 is 3.05 bits per heavy atom. The highest BCUT2D eigenvalue weighted by Gasteiger charge is 2.26. The zero-order valence-electron chi connectivity index (χ0n) is 12.2. The number of pyridine rings is 1. The molecule has 1 unspecified atom stereocenters. The summed E-state index contributed by atoms with van der Waals surface area (Å²) in [5.41, 5.74) is 1.87. The number of para-hydroxylation sites is 1. The summed E-state index contributed by atoms with van der Waals surface area (Å²) in [7, 11) is 1.64. The van der Waals surface area contributed by atoms with Gasteiger partial charge < -0.3 is 19.1 Å². The summed E-state index contributed by atoms with van der Waals surface area (Å²) < 4.78 is 13.1. The highest BCUT2D eigenvalue weighted by molar-refractivity contribution is 5.84. The Bertz CT molecular complexity index is 841. The summed E-state index contributed by atoms with van der Waals surface area (Å²) >= 11 is 0. The van der Waals surface area contributed by atoms with E-state index in [0.29, 0.717) is 6.61 Å². The highest BCUT2D eigenvalue weighted by atomic mass is 16.5. The molecular weight excluding hydrogens is 280 g/mol. The molecule has 1 N–H and O–H groups in total. The quantitative estimate of drug-likeness (QED) is 0.790. The van der Waals surface area contributed by atoms with Gasteiger partial charge in [0.2, 0.25) is 5.88 Å². The highest BCUT2D eigenvalue weighted by Crippen LogP contribution is 2.39. The van der Waals surface area contributed by atoms with Crippen molar-refractivity contribution >= 4 is 10.9 Å². The Labute approximate surface area is 127 Å². The van der Waals surface area contributed by atoms with Gasteiger partial charge in [0.05, 0.1) is 24.1 Å². The van der Waals surface area contributed by atoms with Gasteiger partial charge in [0, 0.05) is 24.4 Å². The van der Waals surface area contributed by atoms with E-state index in [-0.39, 0.29) is 11.9 Å². The lowest BCUT2D eigenvalue weighted by Gasteiger charge is -2.27. The van der Waals surface area contributed by atoms with Crippen LogP contribution in [0.15, 0.2) is 42.7 Å². The molecule has 3 heterocycles. The minimum Gasteiger partial charge on any atom is -0.494 e. The van der Waals surface area contributed by atoms with Gasteiger partial charge in [-0.05, 0) is 18.2 Å². The number of hydrogen-bond acceptors (Lipinski definition) is 4. The van der Waals surface area contributed by atoms with Crippen LogP contribution in [0.25, 0.3) is 10.9 Å². The lowest BCUT2D eigenvalue weighted by atomic mass is 10.0. The van der Waals surface area contributed by atoms with Crippen molar-refractivity contribution in [1.82, 2.24) is 9.55 Å². The van der Waals surface area contributed by atoms with Crippen molar-refractivity contribution in [2.75, 3.05) is 13.7 Å². The van der Waals surface area contributed by atoms with E-state index < -0.39 is 0 Å². The number of ether oxygens (including phenoxy) is 2. The normalized spacial score (nSPS) is 17.0. The van der Waals surface area contributed by atoms with Gasteiger partial charge >= 0.3 is 0 Å². The Hall–Kier alpha value is -2.69. The first-order valence-electron chi connectivity index (χ1n) is 7.21. The molecule has 3 aromatic rings. The molecule has 2 aromatic heterocycles. The smallest absolute Gasteiger partial charge is 0.201 e. The van der Waals surface area contributed by atoms with E-state index in [9.17, 15) is 5.11 Å². The van der Waals surface area contributed by atoms with Gasteiger partial charge in [-0.3, -0.25) is 4.98 Å². The monoisotopic (exact) mass is 296 g/mol. The third-order valence-corrected chi connectivity index (χ3v) is 4.13. The average molecular weight is 296 g/mol. The van der Waals surface area contributed by atoms with Gasteiger partial charge in [-0.15, -0.1) is 0 Å². The largest absolute Gasteiger partial charge is 0.494 e. The number of aromatic nitrogens is 2. The van der Waals surface area contributed by atoms with E-state index in [0.717, 1.165) is 34.4 Å². The zero-order valence-corrected chi connectivity index (χ0v) is 12.2. The molecule has 0 amide bonds. The fourth-order valence-corrected chi connectivity index (χ4v) is 3.04. The maximum absolute atomic E-state index is 10.4. The Morgan fingerprint density at radius 1 is 1.32 bits per heavy atom. The molecule has 0 spiro atoms. The third kappa shape index (κ3) is 1.89. The van der Waals surface area contributed by atoms with Crippen molar-refractivity contribution in [3.63, 3.8) is 0 Å². The molecule has 5 heteroatoms. The number of fused-ring (bicyclic) bond motifs is 2. The Balaban J connectivity index is 1.73. The van der Waals surface area contributed by atoms with Gasteiger partial charge in [-0.1, -0.05) is 12.1 Å². The molecule has 0 fully saturated rings. The first-order chi connectivity index (χ1) is 10.8. The van der Waals surface area contributed by atoms with E-state index in [1.807, 2.05) is 41.1 Å². The minimum absolute atomic E-state index is 0.0359. The number of hydrogen-bond donors (Lipinski definition) is 1. The van der Waals surface area contributed by atoms with Crippen LogP contribution < -0.4 is 9.47 Å². The van der Waals surface area contributed by atoms with Gasteiger partial charge in [-0.25, -0.2) is 0 Å². The third-order valence-electron chi connectivity index (χ3n) is 4.13. The maximum atomic E-state index is 10.4. The van der Waals surface area contributed by atoms with Gasteiger partial charge in [0.25, 0.3) is 0 Å². The molecule has 1 aromatic carbocycles. The maximum Gasteiger partial charge on any atom is 0.201 e. The van der Waals surface area contributed by atoms with E-state index in [2.05, 4.69) is 4.98 Å². The van der Waals surface area contributed by atoms with E-state index in [1.165, 1.54) is 0 Å². The van der Waals surface area contributed by atoms with Crippen molar-refractivity contribution in [3.8, 4) is 17.4 Å². The second-order valence-corrected chi connectivity index (χ2v) is 5.41. The van der Waals surface area contributed by atoms with Crippen LogP contribution in [0.3, 0.4) is 0 Å². The van der Waals surface area contributed by atoms with Gasteiger partial charge in [0.1, 0.15) is 6.61 Å². The van der Waals surface area contributed by atoms with Crippen LogP contribution >= 0.6 is 0 Å². The first-order valence-corrected chi connectivity index (χ1v) is 7.21. The summed E-state index contributed by atoms with van der Waals surface area (Å²) in [5, 5.41) is 11.2. The van der Waals surface area contributed by atoms with Crippen LogP contribution in [-0.2, 0) is 6.42 Å². The summed E-state index contributed by atoms with van der Waals surface area (Å²) in [6.45, 7) is 0.488. The fourth-order valence-electron chi connectivity index (χ4n) is 3.04. The standard InChI is InChI=1S/C17H16N2O3/c1-21-15-6-2-4-11-8-12(10-22-16(11)15)19-9-14-13(17(19)20)5-3-7-18-14/h2-7,9,12,20H,8,10H2,1H3. The average Bonchev–Trinajstić information content (AvgIpc) is 2.91. The number of rotatable bonds is 2. The second-order valence-electron chi connectivity index (χ2n) is 5.41. The minimum atomic E-state index is 0.0359. The van der Waals surface area contributed by atoms with Gasteiger partial charge in [0.15, 0.2) is 11.5 Å². The Morgan fingerprint density at radius 2 is 2.23 bits per heavy atom. The molecule has 1 aliphatic heterocycles. The molecular formula is C17H16N2O3. The lowest BCUT2D eigenvalue weighted by molar-refractivity contribution is 0.206. The van der Waals surface area contributed by atoms with Crippen molar-refractivity contribution in [2.24, 2.45) is 0 Å². The molecule has 0 saturated carbocycles. The first kappa shape index (κ1) is 13.0. The molecule has 112 valence electrons. The van der Waals surface area contributed by atoms with Crippen molar-refractivity contribution in [3.05, 3.63) is 48.3 Å². The molecule has 1 atom stereocenters. The zero-order chi connectivity index (χ0) is 15.1. The molecule has 22 heavy (non-hydrogen) atoms. The van der Waals surface area contributed by atoms with E-state index in [4.69, 9.17) is 9.47 Å². The van der Waals surface area contributed by atoms with Crippen LogP contribution in [0.5, 0.6) is 17.4 Å². The molecule has 5 nitrogen and oxygen atoms in total. The topological polar surface area (TPSA) is 56.5 Å². The molecule has 4 rings (SSSR count). The summed E-state index contributed by atoms with van der Waals surface area (Å²) in [5.74, 6) is 1.79. The van der Waals surface area contributed by atoms with E-state index >= 15 is 0 Å². The predicted molar refractivity (Wildman–Crippen MR) is 82.6 cm³/mol. The summed E-state index contributed by atoms with van der Waals surface area (Å²) in [4.78, 5) is 4.29. The van der Waals surface area contributed by atoms with Crippen LogP contribution in [0.1, 0.15) is 11.6 Å². The second kappa shape index (κ2) is 4.94. The SMILES string of the molecule is COc1cccc2c1OCC(n1cc3ncccc3c1O)C2. The van der Waals surface area contributed by atoms with Gasteiger partial charge in [-0.2, -0.15) is 0 Å². The molecule has 0 bridgehead atoms. The van der Waals surface area contributed by atoms with Crippen LogP contribution in [-0.4, -0.2) is 28.4 Å². The van der Waals surface area contributed by atoms with E-state index in [1.54, 1.807) is 13.3 Å². The predicted octanol–water partition coefficient (Wildman–Crippen LogP) is 2.93. The number of nitrogens with zero attached hydrogens (tertiary/aromatic N) is 2. The van der Waals surface area contributed by atoms with Crippen molar-refractivity contribution in [2.45, 2.75) is 12.5 Å². The number of methoxy groups -OCH3 is 1. The lowest BCUT2D eigenvalue weighted by Crippen LogP contribution is -2.24. The molecule has 0 saturated heterocycles. The molecule has 0 aliphatic carbocycles. The van der Waals surface area contributed by atoms with Crippen molar-refractivity contribution < 1.29 is 14.6 Å². The van der Waals surface area contributed by atoms with Crippen LogP contribution in [0.2, 0.25) is 0 Å². The fraction of sp³-hybridized carbons (Fsp3) is 0.235.